The maximum absolute atomic E-state index is 13.1. The number of hydrogen-bond acceptors (Lipinski definition) is 3. The summed E-state index contributed by atoms with van der Waals surface area (Å²) in [5, 5.41) is 12.9. The average molecular weight is 285 g/mol. The number of carbonyl (C=O) groups is 1. The maximum Gasteiger partial charge on any atom is 0.256 e. The van der Waals surface area contributed by atoms with Crippen molar-refractivity contribution < 1.29 is 18.5 Å². The largest absolute Gasteiger partial charge is 0.376 e. The number of carbonyl (C=O) groups excluding carboxylic acids is 1. The Labute approximate surface area is 113 Å². The molecule has 2 rings (SSSR count). The van der Waals surface area contributed by atoms with E-state index < -0.39 is 28.1 Å². The summed E-state index contributed by atoms with van der Waals surface area (Å²) in [6.45, 7) is 1.32. The Hall–Kier alpha value is -1.27. The van der Waals surface area contributed by atoms with Crippen molar-refractivity contribution in [3.63, 3.8) is 0 Å². The average Bonchev–Trinajstić information content (AvgIpc) is 2.74. The molecule has 1 heterocycles. The molecule has 104 valence electrons. The maximum atomic E-state index is 13.1. The number of amides is 1. The van der Waals surface area contributed by atoms with Gasteiger partial charge in [-0.1, -0.05) is 12.1 Å². The molecule has 0 aromatic heterocycles. The number of aliphatic hydroxyl groups is 1. The molecule has 4 nitrogen and oxygen atoms in total. The van der Waals surface area contributed by atoms with E-state index in [9.17, 15) is 18.5 Å². The highest BCUT2D eigenvalue weighted by Gasteiger charge is 2.35. The molecule has 1 aromatic rings. The van der Waals surface area contributed by atoms with Crippen molar-refractivity contribution in [2.75, 3.05) is 11.5 Å². The minimum Gasteiger partial charge on any atom is -0.376 e. The Morgan fingerprint density at radius 3 is 2.89 bits per heavy atom. The molecule has 0 bridgehead atoms. The molecule has 1 aliphatic rings. The fraction of sp³-hybridized carbons (Fsp3) is 0.462. The van der Waals surface area contributed by atoms with Crippen LogP contribution in [0.15, 0.2) is 24.3 Å². The molecule has 1 aromatic carbocycles. The molecule has 0 spiro atoms. The van der Waals surface area contributed by atoms with Crippen LogP contribution in [0.3, 0.4) is 0 Å². The Kier molecular flexibility index (Phi) is 4.01. The van der Waals surface area contributed by atoms with Crippen LogP contribution >= 0.6 is 0 Å². The van der Waals surface area contributed by atoms with Crippen LogP contribution in [0.5, 0.6) is 0 Å². The van der Waals surface area contributed by atoms with Crippen LogP contribution in [0.2, 0.25) is 0 Å². The van der Waals surface area contributed by atoms with Gasteiger partial charge in [0.1, 0.15) is 5.82 Å². The summed E-state index contributed by atoms with van der Waals surface area (Å²) in [6.07, 6.45) is 0.636. The second kappa shape index (κ2) is 5.38. The number of rotatable bonds is 3. The van der Waals surface area contributed by atoms with E-state index >= 15 is 0 Å². The zero-order valence-corrected chi connectivity index (χ0v) is 11.4. The summed E-state index contributed by atoms with van der Waals surface area (Å²) < 4.78 is 24.4. The van der Waals surface area contributed by atoms with Crippen LogP contribution in [0.25, 0.3) is 0 Å². The third-order valence-electron chi connectivity index (χ3n) is 3.25. The van der Waals surface area contributed by atoms with E-state index in [0.717, 1.165) is 6.07 Å². The van der Waals surface area contributed by atoms with E-state index in [2.05, 4.69) is 5.32 Å². The first kappa shape index (κ1) is 14.1. The lowest BCUT2D eigenvalue weighted by atomic mass is 9.94. The van der Waals surface area contributed by atoms with Gasteiger partial charge in [-0.3, -0.25) is 9.00 Å². The minimum atomic E-state index is -1.80. The Morgan fingerprint density at radius 1 is 1.58 bits per heavy atom. The first-order valence-electron chi connectivity index (χ1n) is 6.04. The molecular formula is C13H16FNO3S. The van der Waals surface area contributed by atoms with Gasteiger partial charge in [0.25, 0.3) is 5.91 Å². The van der Waals surface area contributed by atoms with E-state index in [-0.39, 0.29) is 11.6 Å². The molecular weight excluding hydrogens is 269 g/mol. The SMILES string of the molecule is CC(O)(C(=O)NC1CCS(=O)C1)c1cccc(F)c1. The quantitative estimate of drug-likeness (QED) is 0.858. The highest BCUT2D eigenvalue weighted by atomic mass is 32.2. The van der Waals surface area contributed by atoms with E-state index in [1.165, 1.54) is 25.1 Å². The normalized spacial score (nSPS) is 25.8. The molecule has 19 heavy (non-hydrogen) atoms. The molecule has 1 aliphatic heterocycles. The van der Waals surface area contributed by atoms with Gasteiger partial charge >= 0.3 is 0 Å². The second-order valence-corrected chi connectivity index (χ2v) is 6.47. The molecule has 1 amide bonds. The van der Waals surface area contributed by atoms with Gasteiger partial charge in [0, 0.05) is 28.3 Å². The summed E-state index contributed by atoms with van der Waals surface area (Å²) in [7, 11) is -0.901. The van der Waals surface area contributed by atoms with Gasteiger partial charge in [-0.15, -0.1) is 0 Å². The van der Waals surface area contributed by atoms with Crippen LogP contribution in [0.1, 0.15) is 18.9 Å². The van der Waals surface area contributed by atoms with Gasteiger partial charge in [0.05, 0.1) is 0 Å². The Bertz CT molecular complexity index is 518. The molecule has 2 N–H and O–H groups in total. The fourth-order valence-electron chi connectivity index (χ4n) is 2.03. The Balaban J connectivity index is 2.10. The molecule has 3 atom stereocenters. The smallest absolute Gasteiger partial charge is 0.256 e. The lowest BCUT2D eigenvalue weighted by molar-refractivity contribution is -0.139. The lowest BCUT2D eigenvalue weighted by Crippen LogP contribution is -2.47. The summed E-state index contributed by atoms with van der Waals surface area (Å²) in [5.74, 6) is -0.132. The van der Waals surface area contributed by atoms with E-state index in [1.54, 1.807) is 0 Å². The highest BCUT2D eigenvalue weighted by Crippen LogP contribution is 2.22. The number of halogens is 1. The summed E-state index contributed by atoms with van der Waals surface area (Å²) in [5.41, 5.74) is -1.60. The molecule has 6 heteroatoms. The zero-order chi connectivity index (χ0) is 14.0. The number of hydrogen-bond donors (Lipinski definition) is 2. The van der Waals surface area contributed by atoms with E-state index in [4.69, 9.17) is 0 Å². The first-order valence-corrected chi connectivity index (χ1v) is 7.53. The van der Waals surface area contributed by atoms with Crippen LogP contribution in [0, 0.1) is 5.82 Å². The number of nitrogens with one attached hydrogen (secondary N) is 1. The summed E-state index contributed by atoms with van der Waals surface area (Å²) >= 11 is 0. The van der Waals surface area contributed by atoms with Gasteiger partial charge in [-0.05, 0) is 31.0 Å². The van der Waals surface area contributed by atoms with Crippen molar-refractivity contribution in [1.82, 2.24) is 5.32 Å². The Morgan fingerprint density at radius 2 is 2.32 bits per heavy atom. The van der Waals surface area contributed by atoms with Crippen molar-refractivity contribution in [2.45, 2.75) is 25.0 Å². The second-order valence-electron chi connectivity index (χ2n) is 4.85. The molecule has 0 aliphatic carbocycles. The third-order valence-corrected chi connectivity index (χ3v) is 4.71. The minimum absolute atomic E-state index is 0.187. The standard InChI is InChI=1S/C13H16FNO3S/c1-13(17,9-3-2-4-10(14)7-9)12(16)15-11-5-6-19(18)8-11/h2-4,7,11,17H,5-6,8H2,1H3,(H,15,16). The van der Waals surface area contributed by atoms with Crippen LogP contribution in [-0.2, 0) is 21.2 Å². The zero-order valence-electron chi connectivity index (χ0n) is 10.6. The topological polar surface area (TPSA) is 66.4 Å². The predicted octanol–water partition coefficient (Wildman–Crippen LogP) is 0.670. The van der Waals surface area contributed by atoms with Crippen molar-refractivity contribution in [1.29, 1.82) is 0 Å². The van der Waals surface area contributed by atoms with E-state index in [0.29, 0.717) is 17.9 Å². The summed E-state index contributed by atoms with van der Waals surface area (Å²) in [4.78, 5) is 12.1. The first-order chi connectivity index (χ1) is 8.89. The summed E-state index contributed by atoms with van der Waals surface area (Å²) in [6, 6.07) is 5.13. The third kappa shape index (κ3) is 3.19. The molecule has 0 radical (unpaired) electrons. The highest BCUT2D eigenvalue weighted by molar-refractivity contribution is 7.85. The monoisotopic (exact) mass is 285 g/mol. The molecule has 0 saturated carbocycles. The van der Waals surface area contributed by atoms with Crippen LogP contribution in [0.4, 0.5) is 4.39 Å². The molecule has 1 fully saturated rings. The number of benzene rings is 1. The van der Waals surface area contributed by atoms with Gasteiger partial charge in [-0.25, -0.2) is 4.39 Å². The van der Waals surface area contributed by atoms with Crippen LogP contribution in [-0.4, -0.2) is 32.8 Å². The predicted molar refractivity (Wildman–Crippen MR) is 70.4 cm³/mol. The van der Waals surface area contributed by atoms with Gasteiger partial charge in [0.2, 0.25) is 0 Å². The van der Waals surface area contributed by atoms with Crippen molar-refractivity contribution in [2.24, 2.45) is 0 Å². The van der Waals surface area contributed by atoms with Crippen molar-refractivity contribution >= 4 is 16.7 Å². The molecule has 1 saturated heterocycles. The van der Waals surface area contributed by atoms with Gasteiger partial charge in [-0.2, -0.15) is 0 Å². The van der Waals surface area contributed by atoms with Gasteiger partial charge in [0.15, 0.2) is 5.60 Å². The molecule has 3 unspecified atom stereocenters. The fourth-order valence-corrected chi connectivity index (χ4v) is 3.44. The van der Waals surface area contributed by atoms with Gasteiger partial charge < -0.3 is 10.4 Å². The van der Waals surface area contributed by atoms with Crippen LogP contribution < -0.4 is 5.32 Å². The lowest BCUT2D eigenvalue weighted by Gasteiger charge is -2.24. The van der Waals surface area contributed by atoms with E-state index in [1.807, 2.05) is 0 Å². The van der Waals surface area contributed by atoms with Crippen molar-refractivity contribution in [3.05, 3.63) is 35.6 Å². The van der Waals surface area contributed by atoms with Crippen molar-refractivity contribution in [3.8, 4) is 0 Å².